The average molecular weight is 483 g/mol. The van der Waals surface area contributed by atoms with E-state index < -0.39 is 33.4 Å². The number of amides is 1. The molecule has 2 saturated carbocycles. The summed E-state index contributed by atoms with van der Waals surface area (Å²) in [5.74, 6) is -1.68. The van der Waals surface area contributed by atoms with Crippen LogP contribution in [-0.4, -0.2) is 75.5 Å². The molecule has 5 unspecified atom stereocenters. The second-order valence-electron chi connectivity index (χ2n) is 9.29. The molecule has 0 radical (unpaired) electrons. The molecule has 11 heteroatoms. The number of hydrogen-bond acceptors (Lipinski definition) is 6. The maximum absolute atomic E-state index is 14.7. The second-order valence-corrected chi connectivity index (χ2v) is 11.6. The summed E-state index contributed by atoms with van der Waals surface area (Å²) < 4.78 is 45.4. The first-order valence-electron chi connectivity index (χ1n) is 11.3. The number of hydrazine groups is 1. The molecular formula is C20H36ClFN4O4S. The molecule has 8 nitrogen and oxygen atoms in total. The van der Waals surface area contributed by atoms with Gasteiger partial charge in [-0.05, 0) is 57.9 Å². The first kappa shape index (κ1) is 25.1. The van der Waals surface area contributed by atoms with Crippen LogP contribution in [-0.2, 0) is 19.6 Å². The highest BCUT2D eigenvalue weighted by molar-refractivity contribution is 7.89. The summed E-state index contributed by atoms with van der Waals surface area (Å²) in [6.45, 7) is 4.10. The summed E-state index contributed by atoms with van der Waals surface area (Å²) >= 11 is 6.23. The van der Waals surface area contributed by atoms with Gasteiger partial charge >= 0.3 is 0 Å². The van der Waals surface area contributed by atoms with Gasteiger partial charge in [0.15, 0.2) is 0 Å². The predicted octanol–water partition coefficient (Wildman–Crippen LogP) is 1.37. The van der Waals surface area contributed by atoms with E-state index in [1.165, 1.54) is 0 Å². The Morgan fingerprint density at radius 3 is 2.74 bits per heavy atom. The van der Waals surface area contributed by atoms with E-state index in [-0.39, 0.29) is 29.7 Å². The maximum Gasteiger partial charge on any atom is 0.241 e. The van der Waals surface area contributed by atoms with E-state index >= 15 is 0 Å². The van der Waals surface area contributed by atoms with Crippen LogP contribution in [0.3, 0.4) is 0 Å². The van der Waals surface area contributed by atoms with Gasteiger partial charge in [0.05, 0.1) is 23.2 Å². The zero-order valence-corrected chi connectivity index (χ0v) is 19.9. The standard InChI is InChI=1S/C20H36ClFN4O4S/c1-3-30-15-6-4-5-13(7-15)11-31(28,29)25-24-20(27)16-8-14(9-17(21)19(16)22)18-10-26(2)12-23-18/h13-19,23,25H,3-12H2,1-2H3,(H,24,27)/t13-,14?,15+,16?,17?,18?,19?/m0/s1. The molecule has 1 aliphatic heterocycles. The number of nitrogens with zero attached hydrogens (tertiary/aromatic N) is 1. The van der Waals surface area contributed by atoms with Gasteiger partial charge in [-0.25, -0.2) is 12.8 Å². The van der Waals surface area contributed by atoms with Crippen molar-refractivity contribution < 1.29 is 22.3 Å². The van der Waals surface area contributed by atoms with Gasteiger partial charge in [-0.1, -0.05) is 6.42 Å². The highest BCUT2D eigenvalue weighted by Gasteiger charge is 2.44. The summed E-state index contributed by atoms with van der Waals surface area (Å²) in [4.78, 5) is 17.0. The number of carbonyl (C=O) groups excluding carboxylic acids is 1. The smallest absolute Gasteiger partial charge is 0.241 e. The van der Waals surface area contributed by atoms with Crippen LogP contribution in [0, 0.1) is 17.8 Å². The van der Waals surface area contributed by atoms with Crippen LogP contribution in [0.15, 0.2) is 0 Å². The Hall–Kier alpha value is -0.520. The Morgan fingerprint density at radius 2 is 2.06 bits per heavy atom. The fraction of sp³-hybridized carbons (Fsp3) is 0.950. The van der Waals surface area contributed by atoms with Crippen LogP contribution in [0.1, 0.15) is 45.4 Å². The predicted molar refractivity (Wildman–Crippen MR) is 118 cm³/mol. The molecular weight excluding hydrogens is 447 g/mol. The Balaban J connectivity index is 1.52. The van der Waals surface area contributed by atoms with Crippen molar-refractivity contribution >= 4 is 27.5 Å². The first-order valence-corrected chi connectivity index (χ1v) is 13.4. The number of nitrogens with one attached hydrogen (secondary N) is 3. The molecule has 7 atom stereocenters. The van der Waals surface area contributed by atoms with E-state index in [0.29, 0.717) is 25.9 Å². The Kier molecular flexibility index (Phi) is 8.97. The molecule has 0 aromatic rings. The third-order valence-electron chi connectivity index (χ3n) is 6.77. The number of hydrogen-bond donors (Lipinski definition) is 3. The van der Waals surface area contributed by atoms with E-state index in [4.69, 9.17) is 16.3 Å². The molecule has 180 valence electrons. The van der Waals surface area contributed by atoms with Crippen molar-refractivity contribution in [2.45, 2.75) is 69.1 Å². The van der Waals surface area contributed by atoms with Crippen LogP contribution < -0.4 is 15.6 Å². The van der Waals surface area contributed by atoms with Crippen LogP contribution in [0.4, 0.5) is 4.39 Å². The second kappa shape index (κ2) is 11.1. The summed E-state index contributed by atoms with van der Waals surface area (Å²) in [5, 5.41) is 2.61. The molecule has 1 saturated heterocycles. The summed E-state index contributed by atoms with van der Waals surface area (Å²) in [6, 6.07) is 0.148. The van der Waals surface area contributed by atoms with Crippen LogP contribution in [0.5, 0.6) is 0 Å². The Bertz CT molecular complexity index is 713. The van der Waals surface area contributed by atoms with Crippen molar-refractivity contribution in [2.75, 3.05) is 32.6 Å². The van der Waals surface area contributed by atoms with Gasteiger partial charge in [0.1, 0.15) is 6.17 Å². The van der Waals surface area contributed by atoms with Gasteiger partial charge in [0.25, 0.3) is 0 Å². The third-order valence-corrected chi connectivity index (χ3v) is 8.52. The van der Waals surface area contributed by atoms with E-state index in [1.807, 2.05) is 14.0 Å². The van der Waals surface area contributed by atoms with Gasteiger partial charge in [0, 0.05) is 25.9 Å². The molecule has 0 bridgehead atoms. The molecule has 3 N–H and O–H groups in total. The first-order chi connectivity index (χ1) is 14.7. The minimum absolute atomic E-state index is 0.0228. The normalized spacial score (nSPS) is 37.6. The number of rotatable bonds is 8. The van der Waals surface area contributed by atoms with E-state index in [2.05, 4.69) is 20.5 Å². The number of halogens is 2. The molecule has 1 amide bonds. The van der Waals surface area contributed by atoms with Crippen molar-refractivity contribution in [1.29, 1.82) is 0 Å². The minimum Gasteiger partial charge on any atom is -0.378 e. The highest BCUT2D eigenvalue weighted by atomic mass is 35.5. The lowest BCUT2D eigenvalue weighted by molar-refractivity contribution is -0.129. The van der Waals surface area contributed by atoms with E-state index in [9.17, 15) is 17.6 Å². The number of sulfonamides is 1. The van der Waals surface area contributed by atoms with Crippen molar-refractivity contribution in [1.82, 2.24) is 20.5 Å². The van der Waals surface area contributed by atoms with Crippen LogP contribution in [0.25, 0.3) is 0 Å². The quantitative estimate of drug-likeness (QED) is 0.357. The van der Waals surface area contributed by atoms with Crippen LogP contribution in [0.2, 0.25) is 0 Å². The van der Waals surface area contributed by atoms with Gasteiger partial charge < -0.3 is 4.74 Å². The largest absolute Gasteiger partial charge is 0.378 e. The SMILES string of the molecule is CCO[C@@H]1CCC[C@H](CS(=O)(=O)NNC(=O)C2CC(C3CN(C)CN3)CC(Cl)C2F)C1. The molecule has 3 aliphatic rings. The van der Waals surface area contributed by atoms with Gasteiger partial charge in [-0.2, -0.15) is 0 Å². The van der Waals surface area contributed by atoms with Gasteiger partial charge in [0.2, 0.25) is 15.9 Å². The minimum atomic E-state index is -3.73. The van der Waals surface area contributed by atoms with Crippen LogP contribution >= 0.6 is 11.6 Å². The number of likely N-dealkylation sites (N-methyl/N-ethyl adjacent to an activating group) is 1. The van der Waals surface area contributed by atoms with E-state index in [0.717, 1.165) is 32.5 Å². The molecule has 3 rings (SSSR count). The monoisotopic (exact) mass is 482 g/mol. The number of alkyl halides is 2. The lowest BCUT2D eigenvalue weighted by atomic mass is 9.76. The summed E-state index contributed by atoms with van der Waals surface area (Å²) in [7, 11) is -1.74. The number of carbonyl (C=O) groups is 1. The van der Waals surface area contributed by atoms with Crippen molar-refractivity contribution in [3.63, 3.8) is 0 Å². The molecule has 2 aliphatic carbocycles. The molecule has 3 fully saturated rings. The van der Waals surface area contributed by atoms with E-state index in [1.54, 1.807) is 0 Å². The average Bonchev–Trinajstić information content (AvgIpc) is 3.15. The van der Waals surface area contributed by atoms with Gasteiger partial charge in [-0.15, -0.1) is 16.4 Å². The molecule has 0 aromatic carbocycles. The number of ether oxygens (including phenoxy) is 1. The lowest BCUT2D eigenvalue weighted by Crippen LogP contribution is -2.52. The molecule has 0 aromatic heterocycles. The highest BCUT2D eigenvalue weighted by Crippen LogP contribution is 2.37. The Morgan fingerprint density at radius 1 is 1.29 bits per heavy atom. The fourth-order valence-electron chi connectivity index (χ4n) is 5.21. The summed E-state index contributed by atoms with van der Waals surface area (Å²) in [6.07, 6.45) is 2.78. The zero-order valence-electron chi connectivity index (χ0n) is 18.4. The van der Waals surface area contributed by atoms with Gasteiger partial charge in [-0.3, -0.25) is 20.4 Å². The fourth-order valence-corrected chi connectivity index (χ4v) is 6.88. The zero-order chi connectivity index (χ0) is 22.6. The molecule has 1 heterocycles. The maximum atomic E-state index is 14.7. The van der Waals surface area contributed by atoms with Crippen molar-refractivity contribution in [2.24, 2.45) is 17.8 Å². The topological polar surface area (TPSA) is 99.8 Å². The Labute approximate surface area is 190 Å². The van der Waals surface area contributed by atoms with Crippen molar-refractivity contribution in [3.8, 4) is 0 Å². The van der Waals surface area contributed by atoms with Crippen molar-refractivity contribution in [3.05, 3.63) is 0 Å². The lowest BCUT2D eigenvalue weighted by Gasteiger charge is -2.37. The third kappa shape index (κ3) is 6.98. The molecule has 31 heavy (non-hydrogen) atoms. The summed E-state index contributed by atoms with van der Waals surface area (Å²) in [5.41, 5.74) is 2.25. The molecule has 0 spiro atoms.